The van der Waals surface area contributed by atoms with Gasteiger partial charge in [-0.3, -0.25) is 9.36 Å². The number of nitrogens with zero attached hydrogens (tertiary/aromatic N) is 1. The fraction of sp³-hybridized carbons (Fsp3) is 0.214. The van der Waals surface area contributed by atoms with E-state index >= 15 is 0 Å². The molecule has 216 valence electrons. The molecule has 0 aliphatic rings. The first-order chi connectivity index (χ1) is 19.6. The lowest BCUT2D eigenvalue weighted by Gasteiger charge is -2.25. The van der Waals surface area contributed by atoms with Crippen LogP contribution in [-0.2, 0) is 18.4 Å². The van der Waals surface area contributed by atoms with E-state index in [1.54, 1.807) is 61.5 Å². The van der Waals surface area contributed by atoms with Crippen LogP contribution in [0.4, 0.5) is 10.1 Å². The molecule has 0 saturated carbocycles. The number of aromatic nitrogens is 2. The molecular weight excluding hydrogens is 667 g/mol. The monoisotopic (exact) mass is 695 g/mol. The highest BCUT2D eigenvalue weighted by Crippen LogP contribution is 2.46. The molecule has 13 heteroatoms. The summed E-state index contributed by atoms with van der Waals surface area (Å²) in [4.78, 5) is 29.5. The van der Waals surface area contributed by atoms with E-state index in [0.29, 0.717) is 14.9 Å². The van der Waals surface area contributed by atoms with Crippen molar-refractivity contribution in [2.24, 2.45) is 0 Å². The number of carbonyl (C=O) groups is 1. The molecule has 3 aromatic carbocycles. The summed E-state index contributed by atoms with van der Waals surface area (Å²) in [6, 6.07) is 18.4. The van der Waals surface area contributed by atoms with Crippen molar-refractivity contribution in [1.29, 1.82) is 0 Å². The van der Waals surface area contributed by atoms with Gasteiger partial charge in [-0.15, -0.1) is 0 Å². The predicted octanol–water partition coefficient (Wildman–Crippen LogP) is 6.10. The molecule has 0 unspecified atom stereocenters. The van der Waals surface area contributed by atoms with Gasteiger partial charge in [-0.1, -0.05) is 37.3 Å². The number of H-pyrrole nitrogens is 1. The zero-order valence-corrected chi connectivity index (χ0v) is 25.4. The first kappa shape index (κ1) is 30.5. The molecular formula is C28H28FIN3O7P. The number of carbonyl (C=O) groups excluding carboxylic acids is 1. The standard InChI is InChI=1S/C28H28FIN3O7P/c1-17(18-7-5-4-6-8-18)25(26(34)31-23-14-11-20(30)15-22(23)29)33-27(35)24(32-28(33)36)19-9-12-21(13-10-19)40-16-41(37,38-2)39-3/h4-15,17,25,35H,16H2,1-3H3,(H,31,34)(H,32,36)/t17-,25-/m0/s1. The van der Waals surface area contributed by atoms with Crippen LogP contribution < -0.4 is 15.7 Å². The van der Waals surface area contributed by atoms with Gasteiger partial charge in [-0.25, -0.2) is 13.8 Å². The number of aromatic amines is 1. The Labute approximate surface area is 249 Å². The molecule has 0 aliphatic heterocycles. The number of hydrogen-bond acceptors (Lipinski definition) is 7. The molecule has 3 N–H and O–H groups in total. The van der Waals surface area contributed by atoms with Gasteiger partial charge < -0.3 is 29.2 Å². The van der Waals surface area contributed by atoms with Crippen LogP contribution in [0.25, 0.3) is 11.3 Å². The van der Waals surface area contributed by atoms with E-state index < -0.39 is 42.8 Å². The third-order valence-corrected chi connectivity index (χ3v) is 8.75. The van der Waals surface area contributed by atoms with Crippen molar-refractivity contribution >= 4 is 41.8 Å². The maximum absolute atomic E-state index is 14.6. The third-order valence-electron chi connectivity index (χ3n) is 6.53. The van der Waals surface area contributed by atoms with Gasteiger partial charge in [0.1, 0.15) is 23.3 Å². The number of nitrogens with one attached hydrogen (secondary N) is 2. The number of imidazole rings is 1. The number of halogens is 2. The average Bonchev–Trinajstić information content (AvgIpc) is 3.27. The molecule has 4 aromatic rings. The number of rotatable bonds is 11. The Balaban J connectivity index is 1.69. The molecule has 0 spiro atoms. The van der Waals surface area contributed by atoms with Gasteiger partial charge in [-0.05, 0) is 70.6 Å². The Morgan fingerprint density at radius 3 is 2.37 bits per heavy atom. The van der Waals surface area contributed by atoms with Gasteiger partial charge in [0, 0.05) is 29.3 Å². The van der Waals surface area contributed by atoms with Crippen LogP contribution in [0.15, 0.2) is 77.6 Å². The molecule has 41 heavy (non-hydrogen) atoms. The number of hydrogen-bond donors (Lipinski definition) is 3. The summed E-state index contributed by atoms with van der Waals surface area (Å²) in [5, 5.41) is 13.8. The zero-order chi connectivity index (χ0) is 29.7. The van der Waals surface area contributed by atoms with Crippen molar-refractivity contribution in [2.45, 2.75) is 18.9 Å². The number of anilines is 1. The molecule has 1 heterocycles. The normalized spacial score (nSPS) is 13.0. The lowest BCUT2D eigenvalue weighted by Crippen LogP contribution is -2.35. The lowest BCUT2D eigenvalue weighted by molar-refractivity contribution is -0.120. The Hall–Kier alpha value is -3.45. The molecule has 0 radical (unpaired) electrons. The fourth-order valence-corrected chi connectivity index (χ4v) is 5.38. The van der Waals surface area contributed by atoms with E-state index in [0.717, 1.165) is 10.1 Å². The molecule has 0 saturated heterocycles. The number of ether oxygens (including phenoxy) is 1. The van der Waals surface area contributed by atoms with Gasteiger partial charge in [0.25, 0.3) is 0 Å². The van der Waals surface area contributed by atoms with Gasteiger partial charge in [0.05, 0.1) is 5.69 Å². The first-order valence-corrected chi connectivity index (χ1v) is 15.2. The summed E-state index contributed by atoms with van der Waals surface area (Å²) >= 11 is 1.96. The van der Waals surface area contributed by atoms with Crippen molar-refractivity contribution in [3.05, 3.63) is 98.2 Å². The second-order valence-electron chi connectivity index (χ2n) is 9.03. The van der Waals surface area contributed by atoms with Crippen molar-refractivity contribution < 1.29 is 32.6 Å². The first-order valence-electron chi connectivity index (χ1n) is 12.3. The number of aromatic hydroxyl groups is 1. The molecule has 0 fully saturated rings. The topological polar surface area (TPSA) is 132 Å². The van der Waals surface area contributed by atoms with Gasteiger partial charge in [0.2, 0.25) is 11.8 Å². The highest BCUT2D eigenvalue weighted by Gasteiger charge is 2.33. The summed E-state index contributed by atoms with van der Waals surface area (Å²) in [5.74, 6) is -2.04. The Morgan fingerprint density at radius 1 is 1.10 bits per heavy atom. The van der Waals surface area contributed by atoms with Crippen LogP contribution in [0.3, 0.4) is 0 Å². The van der Waals surface area contributed by atoms with Crippen LogP contribution in [-0.4, -0.2) is 41.1 Å². The largest absolute Gasteiger partial charge is 0.493 e. The van der Waals surface area contributed by atoms with E-state index in [-0.39, 0.29) is 17.7 Å². The van der Waals surface area contributed by atoms with E-state index in [9.17, 15) is 23.7 Å². The van der Waals surface area contributed by atoms with Crippen LogP contribution >= 0.6 is 30.2 Å². The quantitative estimate of drug-likeness (QED) is 0.128. The number of benzene rings is 3. The summed E-state index contributed by atoms with van der Waals surface area (Å²) in [6.07, 6.45) is -0.312. The molecule has 1 amide bonds. The Morgan fingerprint density at radius 2 is 1.76 bits per heavy atom. The van der Waals surface area contributed by atoms with Crippen molar-refractivity contribution in [1.82, 2.24) is 9.55 Å². The minimum Gasteiger partial charge on any atom is -0.493 e. The van der Waals surface area contributed by atoms with Gasteiger partial charge in [-0.2, -0.15) is 0 Å². The maximum atomic E-state index is 14.6. The van der Waals surface area contributed by atoms with Crippen molar-refractivity contribution in [2.75, 3.05) is 25.9 Å². The van der Waals surface area contributed by atoms with Crippen molar-refractivity contribution in [3.63, 3.8) is 0 Å². The fourth-order valence-electron chi connectivity index (χ4n) is 4.25. The summed E-state index contributed by atoms with van der Waals surface area (Å²) in [5.41, 5.74) is 0.439. The van der Waals surface area contributed by atoms with Gasteiger partial charge >= 0.3 is 13.3 Å². The predicted molar refractivity (Wildman–Crippen MR) is 161 cm³/mol. The number of amides is 1. The third kappa shape index (κ3) is 6.89. The Bertz CT molecular complexity index is 1620. The zero-order valence-electron chi connectivity index (χ0n) is 22.3. The molecule has 1 aromatic heterocycles. The van der Waals surface area contributed by atoms with E-state index in [1.807, 2.05) is 28.7 Å². The van der Waals surface area contributed by atoms with Crippen LogP contribution in [0.1, 0.15) is 24.4 Å². The minimum atomic E-state index is -3.39. The molecule has 0 aliphatic carbocycles. The molecule has 0 bridgehead atoms. The van der Waals surface area contributed by atoms with E-state index in [2.05, 4.69) is 10.3 Å². The van der Waals surface area contributed by atoms with Crippen LogP contribution in [0.2, 0.25) is 0 Å². The second kappa shape index (κ2) is 13.0. The highest BCUT2D eigenvalue weighted by atomic mass is 127. The van der Waals surface area contributed by atoms with E-state index in [1.165, 1.54) is 26.4 Å². The molecule has 4 rings (SSSR count). The maximum Gasteiger partial charge on any atom is 0.367 e. The summed E-state index contributed by atoms with van der Waals surface area (Å²) in [7, 11) is -0.882. The lowest BCUT2D eigenvalue weighted by atomic mass is 9.92. The van der Waals surface area contributed by atoms with Crippen molar-refractivity contribution in [3.8, 4) is 22.9 Å². The molecule has 10 nitrogen and oxygen atoms in total. The SMILES string of the molecule is COP(=O)(COc1ccc(-c2[nH]c(=O)n([C@H](C(=O)Nc3ccc(I)cc3F)[C@@H](C)c3ccccc3)c2O)cc1)OC. The smallest absolute Gasteiger partial charge is 0.367 e. The second-order valence-corrected chi connectivity index (χ2v) is 12.5. The average molecular weight is 695 g/mol. The van der Waals surface area contributed by atoms with Gasteiger partial charge in [0.15, 0.2) is 6.35 Å². The summed E-state index contributed by atoms with van der Waals surface area (Å²) in [6.45, 7) is 1.74. The van der Waals surface area contributed by atoms with Crippen LogP contribution in [0.5, 0.6) is 11.6 Å². The van der Waals surface area contributed by atoms with Crippen LogP contribution in [0, 0.1) is 9.39 Å². The minimum absolute atomic E-state index is 0.0499. The Kier molecular flexibility index (Phi) is 9.69. The summed E-state index contributed by atoms with van der Waals surface area (Å²) < 4.78 is 43.6. The van der Waals surface area contributed by atoms with E-state index in [4.69, 9.17) is 13.8 Å². The highest BCUT2D eigenvalue weighted by molar-refractivity contribution is 14.1. The molecule has 2 atom stereocenters.